The standard InChI is InChI=1S/C25H19BrClN5O6/c1-14(2)24-29-21-7-6-17(26)11-19(21)25(33)30(24)28-12-16-9-20(27)23(22(10-16)32(36)37)38-13-15-4-3-5-18(8-15)31(34)35/h3-12,14H,13H2,1-2H3. The Balaban J connectivity index is 1.70. The van der Waals surface area contributed by atoms with Crippen molar-refractivity contribution in [1.29, 1.82) is 0 Å². The molecule has 0 atom stereocenters. The molecule has 1 heterocycles. The lowest BCUT2D eigenvalue weighted by Gasteiger charge is -2.12. The Labute approximate surface area is 228 Å². The minimum Gasteiger partial charge on any atom is -0.481 e. The van der Waals surface area contributed by atoms with E-state index in [-0.39, 0.29) is 34.5 Å². The van der Waals surface area contributed by atoms with Crippen molar-refractivity contribution in [2.24, 2.45) is 5.10 Å². The highest BCUT2D eigenvalue weighted by Crippen LogP contribution is 2.36. The number of ether oxygens (including phenoxy) is 1. The van der Waals surface area contributed by atoms with Gasteiger partial charge in [0.2, 0.25) is 5.75 Å². The molecule has 11 nitrogen and oxygen atoms in total. The van der Waals surface area contributed by atoms with Crippen LogP contribution in [-0.2, 0) is 6.61 Å². The first-order chi connectivity index (χ1) is 18.0. The molecule has 13 heteroatoms. The van der Waals surface area contributed by atoms with Gasteiger partial charge < -0.3 is 4.74 Å². The molecule has 0 fully saturated rings. The Morgan fingerprint density at radius 3 is 2.58 bits per heavy atom. The van der Waals surface area contributed by atoms with Crippen molar-refractivity contribution in [3.05, 3.63) is 112 Å². The van der Waals surface area contributed by atoms with Gasteiger partial charge in [0.25, 0.3) is 11.2 Å². The van der Waals surface area contributed by atoms with Crippen LogP contribution in [0.5, 0.6) is 5.75 Å². The molecular formula is C25H19BrClN5O6. The lowest BCUT2D eigenvalue weighted by molar-refractivity contribution is -0.385. The number of hydrogen-bond donors (Lipinski definition) is 0. The van der Waals surface area contributed by atoms with Crippen molar-refractivity contribution in [3.8, 4) is 5.75 Å². The van der Waals surface area contributed by atoms with Gasteiger partial charge in [-0.25, -0.2) is 4.98 Å². The largest absolute Gasteiger partial charge is 0.481 e. The number of nitro groups is 2. The Hall–Kier alpha value is -4.16. The summed E-state index contributed by atoms with van der Waals surface area (Å²) in [6.07, 6.45) is 1.28. The molecule has 0 saturated carbocycles. The van der Waals surface area contributed by atoms with Crippen LogP contribution >= 0.6 is 27.5 Å². The van der Waals surface area contributed by atoms with Gasteiger partial charge >= 0.3 is 5.69 Å². The fourth-order valence-electron chi connectivity index (χ4n) is 3.64. The molecule has 0 saturated heterocycles. The van der Waals surface area contributed by atoms with E-state index in [2.05, 4.69) is 26.0 Å². The first kappa shape index (κ1) is 26.9. The van der Waals surface area contributed by atoms with Gasteiger partial charge in [-0.15, -0.1) is 0 Å². The van der Waals surface area contributed by atoms with Gasteiger partial charge in [-0.05, 0) is 29.8 Å². The van der Waals surface area contributed by atoms with Gasteiger partial charge in [-0.3, -0.25) is 25.0 Å². The number of nitro benzene ring substituents is 2. The topological polar surface area (TPSA) is 143 Å². The number of halogens is 2. The van der Waals surface area contributed by atoms with Gasteiger partial charge in [-0.2, -0.15) is 9.78 Å². The van der Waals surface area contributed by atoms with Crippen LogP contribution in [0.4, 0.5) is 11.4 Å². The number of fused-ring (bicyclic) bond motifs is 1. The molecule has 3 aromatic carbocycles. The van der Waals surface area contributed by atoms with Crippen molar-refractivity contribution in [1.82, 2.24) is 9.66 Å². The fraction of sp³-hybridized carbons (Fsp3) is 0.160. The van der Waals surface area contributed by atoms with E-state index in [4.69, 9.17) is 16.3 Å². The highest BCUT2D eigenvalue weighted by Gasteiger charge is 2.21. The Morgan fingerprint density at radius 1 is 1.13 bits per heavy atom. The smallest absolute Gasteiger partial charge is 0.313 e. The van der Waals surface area contributed by atoms with Gasteiger partial charge in [-0.1, -0.05) is 53.5 Å². The van der Waals surface area contributed by atoms with Gasteiger partial charge in [0.05, 0.1) is 32.0 Å². The Kier molecular flexibility index (Phi) is 7.83. The van der Waals surface area contributed by atoms with Crippen LogP contribution in [-0.4, -0.2) is 25.7 Å². The molecule has 4 aromatic rings. The van der Waals surface area contributed by atoms with E-state index in [1.165, 1.54) is 36.5 Å². The molecule has 0 amide bonds. The summed E-state index contributed by atoms with van der Waals surface area (Å²) in [6, 6.07) is 13.5. The average molecular weight is 601 g/mol. The van der Waals surface area contributed by atoms with Crippen LogP contribution in [0.2, 0.25) is 5.02 Å². The number of non-ortho nitro benzene ring substituents is 1. The molecule has 4 rings (SSSR count). The SMILES string of the molecule is CC(C)c1nc2ccc(Br)cc2c(=O)n1N=Cc1cc(Cl)c(OCc2cccc([N+](=O)[O-])c2)c([N+](=O)[O-])c1. The second kappa shape index (κ2) is 11.1. The van der Waals surface area contributed by atoms with E-state index in [0.717, 1.165) is 4.68 Å². The summed E-state index contributed by atoms with van der Waals surface area (Å²) in [5.41, 5.74) is 0.254. The summed E-state index contributed by atoms with van der Waals surface area (Å²) in [7, 11) is 0. The highest BCUT2D eigenvalue weighted by molar-refractivity contribution is 9.10. The number of hydrogen-bond acceptors (Lipinski definition) is 8. The molecule has 0 radical (unpaired) electrons. The summed E-state index contributed by atoms with van der Waals surface area (Å²) in [6.45, 7) is 3.56. The molecule has 1 aromatic heterocycles. The quantitative estimate of drug-likeness (QED) is 0.133. The molecule has 0 bridgehead atoms. The number of rotatable bonds is 8. The van der Waals surface area contributed by atoms with E-state index < -0.39 is 21.1 Å². The lowest BCUT2D eigenvalue weighted by atomic mass is 10.2. The van der Waals surface area contributed by atoms with Gasteiger partial charge in [0.1, 0.15) is 12.4 Å². The van der Waals surface area contributed by atoms with Crippen LogP contribution in [0.1, 0.15) is 36.7 Å². The molecule has 0 spiro atoms. The lowest BCUT2D eigenvalue weighted by Crippen LogP contribution is -2.23. The molecule has 0 unspecified atom stereocenters. The van der Waals surface area contributed by atoms with Crippen molar-refractivity contribution in [2.75, 3.05) is 0 Å². The van der Waals surface area contributed by atoms with Gasteiger partial charge in [0.15, 0.2) is 0 Å². The van der Waals surface area contributed by atoms with Gasteiger partial charge in [0, 0.05) is 34.2 Å². The third kappa shape index (κ3) is 5.71. The van der Waals surface area contributed by atoms with Crippen LogP contribution in [0.3, 0.4) is 0 Å². The molecule has 0 aliphatic rings. The second-order valence-corrected chi connectivity index (χ2v) is 9.79. The molecule has 38 heavy (non-hydrogen) atoms. The maximum absolute atomic E-state index is 13.2. The molecule has 0 N–H and O–H groups in total. The monoisotopic (exact) mass is 599 g/mol. The third-order valence-corrected chi connectivity index (χ3v) is 6.19. The summed E-state index contributed by atoms with van der Waals surface area (Å²) in [5, 5.41) is 27.4. The summed E-state index contributed by atoms with van der Waals surface area (Å²) < 4.78 is 7.45. The minimum absolute atomic E-state index is 0.0666. The number of benzene rings is 3. The second-order valence-electron chi connectivity index (χ2n) is 8.47. The Bertz CT molecular complexity index is 1670. The zero-order valence-corrected chi connectivity index (χ0v) is 22.3. The van der Waals surface area contributed by atoms with E-state index in [0.29, 0.717) is 26.8 Å². The first-order valence-electron chi connectivity index (χ1n) is 11.2. The zero-order chi connectivity index (χ0) is 27.6. The normalized spacial score (nSPS) is 11.4. The summed E-state index contributed by atoms with van der Waals surface area (Å²) in [5.74, 6) is 0.0755. The van der Waals surface area contributed by atoms with E-state index in [1.54, 1.807) is 24.3 Å². The van der Waals surface area contributed by atoms with E-state index in [9.17, 15) is 25.0 Å². The van der Waals surface area contributed by atoms with Crippen LogP contribution in [0, 0.1) is 20.2 Å². The van der Waals surface area contributed by atoms with Crippen molar-refractivity contribution in [2.45, 2.75) is 26.4 Å². The summed E-state index contributed by atoms with van der Waals surface area (Å²) in [4.78, 5) is 39.4. The predicted octanol–water partition coefficient (Wildman–Crippen LogP) is 6.21. The molecular weight excluding hydrogens is 582 g/mol. The van der Waals surface area contributed by atoms with Crippen LogP contribution in [0.25, 0.3) is 10.9 Å². The zero-order valence-electron chi connectivity index (χ0n) is 20.0. The molecule has 194 valence electrons. The molecule has 0 aliphatic heterocycles. The van der Waals surface area contributed by atoms with Crippen molar-refractivity contribution >= 4 is 56.0 Å². The summed E-state index contributed by atoms with van der Waals surface area (Å²) >= 11 is 9.68. The maximum atomic E-state index is 13.2. The van der Waals surface area contributed by atoms with Crippen LogP contribution in [0.15, 0.2) is 69.0 Å². The van der Waals surface area contributed by atoms with Crippen LogP contribution < -0.4 is 10.3 Å². The number of nitrogens with zero attached hydrogens (tertiary/aromatic N) is 5. The predicted molar refractivity (Wildman–Crippen MR) is 146 cm³/mol. The fourth-order valence-corrected chi connectivity index (χ4v) is 4.28. The van der Waals surface area contributed by atoms with Crippen molar-refractivity contribution in [3.63, 3.8) is 0 Å². The Morgan fingerprint density at radius 2 is 1.89 bits per heavy atom. The highest BCUT2D eigenvalue weighted by atomic mass is 79.9. The number of aromatic nitrogens is 2. The van der Waals surface area contributed by atoms with Crippen molar-refractivity contribution < 1.29 is 14.6 Å². The van der Waals surface area contributed by atoms with E-state index >= 15 is 0 Å². The minimum atomic E-state index is -0.660. The molecule has 0 aliphatic carbocycles. The maximum Gasteiger partial charge on any atom is 0.313 e. The third-order valence-electron chi connectivity index (χ3n) is 5.42. The van der Waals surface area contributed by atoms with E-state index in [1.807, 2.05) is 13.8 Å². The first-order valence-corrected chi connectivity index (χ1v) is 12.3. The average Bonchev–Trinajstić information content (AvgIpc) is 2.87.